The van der Waals surface area contributed by atoms with Crippen molar-refractivity contribution >= 4 is 67.8 Å². The highest BCUT2D eigenvalue weighted by molar-refractivity contribution is 9.10. The fraction of sp³-hybridized carbons (Fsp3) is 0.0909. The van der Waals surface area contributed by atoms with Crippen molar-refractivity contribution in [3.8, 4) is 0 Å². The van der Waals surface area contributed by atoms with Crippen LogP contribution in [0.5, 0.6) is 0 Å². The number of nitrogens with one attached hydrogen (secondary N) is 1. The predicted molar refractivity (Wildman–Crippen MR) is 80.8 cm³/mol. The van der Waals surface area contributed by atoms with Crippen LogP contribution in [0.4, 0.5) is 5.69 Å². The number of thiophene rings is 1. The van der Waals surface area contributed by atoms with Gasteiger partial charge in [0.25, 0.3) is 0 Å². The molecule has 0 spiro atoms. The lowest BCUT2D eigenvalue weighted by Crippen LogP contribution is -1.98. The molecule has 0 aliphatic rings. The zero-order chi connectivity index (χ0) is 12.4. The second-order valence-electron chi connectivity index (χ2n) is 3.29. The van der Waals surface area contributed by atoms with Crippen LogP contribution in [0.25, 0.3) is 0 Å². The number of benzene rings is 1. The first-order valence-corrected chi connectivity index (χ1v) is 7.49. The highest BCUT2D eigenvalue weighted by Crippen LogP contribution is 2.33. The summed E-state index contributed by atoms with van der Waals surface area (Å²) in [5.74, 6) is 0. The highest BCUT2D eigenvalue weighted by atomic mass is 79.9. The third kappa shape index (κ3) is 3.30. The average Bonchev–Trinajstić information content (AvgIpc) is 2.68. The molecule has 2 rings (SSSR count). The molecule has 0 amide bonds. The van der Waals surface area contributed by atoms with Crippen molar-refractivity contribution in [3.63, 3.8) is 0 Å². The summed E-state index contributed by atoms with van der Waals surface area (Å²) in [6, 6.07) is 5.38. The molecule has 0 bridgehead atoms. The van der Waals surface area contributed by atoms with E-state index in [1.54, 1.807) is 23.5 Å². The molecule has 1 aromatic carbocycles. The molecule has 0 aliphatic carbocycles. The molecule has 0 saturated heterocycles. The summed E-state index contributed by atoms with van der Waals surface area (Å²) in [5, 5.41) is 6.76. The third-order valence-corrected chi connectivity index (χ3v) is 5.10. The standard InChI is InChI=1S/C11H7BrCl3NS/c12-6-1-2-17-11(6)5-16-10-4-8(14)7(13)3-9(10)15/h1-4,16H,5H2. The lowest BCUT2D eigenvalue weighted by molar-refractivity contribution is 1.18. The largest absolute Gasteiger partial charge is 0.379 e. The van der Waals surface area contributed by atoms with Gasteiger partial charge >= 0.3 is 0 Å². The molecule has 0 atom stereocenters. The molecule has 0 fully saturated rings. The molecule has 90 valence electrons. The van der Waals surface area contributed by atoms with Gasteiger partial charge in [-0.05, 0) is 39.5 Å². The molecule has 1 N–H and O–H groups in total. The fourth-order valence-electron chi connectivity index (χ4n) is 1.28. The smallest absolute Gasteiger partial charge is 0.0653 e. The molecule has 0 unspecified atom stereocenters. The molecular formula is C11H7BrCl3NS. The van der Waals surface area contributed by atoms with Crippen molar-refractivity contribution in [2.24, 2.45) is 0 Å². The van der Waals surface area contributed by atoms with Gasteiger partial charge in [0.2, 0.25) is 0 Å². The van der Waals surface area contributed by atoms with Crippen LogP contribution in [0.1, 0.15) is 4.88 Å². The van der Waals surface area contributed by atoms with Crippen LogP contribution in [0, 0.1) is 0 Å². The number of rotatable bonds is 3. The average molecular weight is 372 g/mol. The molecule has 0 radical (unpaired) electrons. The van der Waals surface area contributed by atoms with Gasteiger partial charge in [-0.3, -0.25) is 0 Å². The molecule has 0 saturated carbocycles. The SMILES string of the molecule is Clc1cc(Cl)c(NCc2sccc2Br)cc1Cl. The molecule has 1 heterocycles. The molecule has 1 nitrogen and oxygen atoms in total. The van der Waals surface area contributed by atoms with Crippen LogP contribution >= 0.6 is 62.1 Å². The van der Waals surface area contributed by atoms with E-state index in [1.807, 2.05) is 11.4 Å². The lowest BCUT2D eigenvalue weighted by atomic mass is 10.3. The van der Waals surface area contributed by atoms with E-state index in [0.717, 1.165) is 10.2 Å². The summed E-state index contributed by atoms with van der Waals surface area (Å²) in [5.41, 5.74) is 0.779. The van der Waals surface area contributed by atoms with Crippen LogP contribution in [0.3, 0.4) is 0 Å². The first kappa shape index (κ1) is 13.5. The third-order valence-electron chi connectivity index (χ3n) is 2.14. The Morgan fingerprint density at radius 2 is 1.82 bits per heavy atom. The summed E-state index contributed by atoms with van der Waals surface area (Å²) in [6.07, 6.45) is 0. The fourth-order valence-corrected chi connectivity index (χ4v) is 3.33. The highest BCUT2D eigenvalue weighted by Gasteiger charge is 2.07. The molecule has 0 aliphatic heterocycles. The minimum absolute atomic E-state index is 0.458. The van der Waals surface area contributed by atoms with Crippen LogP contribution in [0.15, 0.2) is 28.1 Å². The predicted octanol–water partition coefficient (Wildman–Crippen LogP) is 6.08. The van der Waals surface area contributed by atoms with Gasteiger partial charge in [0.05, 0.1) is 27.3 Å². The van der Waals surface area contributed by atoms with Gasteiger partial charge in [-0.1, -0.05) is 34.8 Å². The van der Waals surface area contributed by atoms with Crippen molar-refractivity contribution in [1.29, 1.82) is 0 Å². The van der Waals surface area contributed by atoms with Gasteiger partial charge in [-0.15, -0.1) is 11.3 Å². The summed E-state index contributed by atoms with van der Waals surface area (Å²) >= 11 is 23.0. The Balaban J connectivity index is 2.14. The first-order valence-electron chi connectivity index (χ1n) is 4.68. The van der Waals surface area contributed by atoms with Gasteiger partial charge in [-0.25, -0.2) is 0 Å². The number of hydrogen-bond acceptors (Lipinski definition) is 2. The summed E-state index contributed by atoms with van der Waals surface area (Å²) in [7, 11) is 0. The van der Waals surface area contributed by atoms with Crippen LogP contribution < -0.4 is 5.32 Å². The van der Waals surface area contributed by atoms with Gasteiger partial charge in [-0.2, -0.15) is 0 Å². The van der Waals surface area contributed by atoms with E-state index in [9.17, 15) is 0 Å². The van der Waals surface area contributed by atoms with Gasteiger partial charge < -0.3 is 5.32 Å². The Bertz CT molecular complexity index is 542. The van der Waals surface area contributed by atoms with Crippen molar-refractivity contribution in [1.82, 2.24) is 0 Å². The zero-order valence-electron chi connectivity index (χ0n) is 8.44. The quantitative estimate of drug-likeness (QED) is 0.645. The Hall–Kier alpha value is 0.0700. The van der Waals surface area contributed by atoms with E-state index < -0.39 is 0 Å². The number of halogens is 4. The second kappa shape index (κ2) is 5.81. The molecule has 17 heavy (non-hydrogen) atoms. The van der Waals surface area contributed by atoms with E-state index >= 15 is 0 Å². The first-order chi connectivity index (χ1) is 8.08. The van der Waals surface area contributed by atoms with E-state index in [4.69, 9.17) is 34.8 Å². The number of hydrogen-bond donors (Lipinski definition) is 1. The number of anilines is 1. The van der Waals surface area contributed by atoms with Gasteiger partial charge in [0.1, 0.15) is 0 Å². The maximum atomic E-state index is 6.07. The van der Waals surface area contributed by atoms with E-state index in [1.165, 1.54) is 4.88 Å². The normalized spacial score (nSPS) is 10.6. The summed E-state index contributed by atoms with van der Waals surface area (Å²) < 4.78 is 1.09. The molecule has 1 aromatic heterocycles. The van der Waals surface area contributed by atoms with Crippen molar-refractivity contribution < 1.29 is 0 Å². The Morgan fingerprint density at radius 3 is 2.47 bits per heavy atom. The summed E-state index contributed by atoms with van der Waals surface area (Å²) in [4.78, 5) is 1.20. The Morgan fingerprint density at radius 1 is 1.12 bits per heavy atom. The monoisotopic (exact) mass is 369 g/mol. The van der Waals surface area contributed by atoms with Crippen molar-refractivity contribution in [2.75, 3.05) is 5.32 Å². The van der Waals surface area contributed by atoms with E-state index in [2.05, 4.69) is 21.2 Å². The molecular weight excluding hydrogens is 364 g/mol. The zero-order valence-corrected chi connectivity index (χ0v) is 13.1. The Labute approximate surface area is 127 Å². The van der Waals surface area contributed by atoms with Crippen LogP contribution in [-0.4, -0.2) is 0 Å². The molecule has 6 heteroatoms. The second-order valence-corrected chi connectivity index (χ2v) is 6.37. The van der Waals surface area contributed by atoms with Crippen LogP contribution in [0.2, 0.25) is 15.1 Å². The van der Waals surface area contributed by atoms with Gasteiger partial charge in [0.15, 0.2) is 0 Å². The van der Waals surface area contributed by atoms with Crippen molar-refractivity contribution in [3.05, 3.63) is 48.0 Å². The lowest BCUT2D eigenvalue weighted by Gasteiger charge is -2.09. The minimum atomic E-state index is 0.458. The Kier molecular flexibility index (Phi) is 4.61. The van der Waals surface area contributed by atoms with E-state index in [0.29, 0.717) is 21.6 Å². The topological polar surface area (TPSA) is 12.0 Å². The minimum Gasteiger partial charge on any atom is -0.379 e. The maximum absolute atomic E-state index is 6.07. The summed E-state index contributed by atoms with van der Waals surface area (Å²) in [6.45, 7) is 0.690. The van der Waals surface area contributed by atoms with E-state index in [-0.39, 0.29) is 0 Å². The maximum Gasteiger partial charge on any atom is 0.0653 e. The molecule has 2 aromatic rings. The van der Waals surface area contributed by atoms with Crippen molar-refractivity contribution in [2.45, 2.75) is 6.54 Å². The van der Waals surface area contributed by atoms with Gasteiger partial charge in [0, 0.05) is 9.35 Å². The van der Waals surface area contributed by atoms with Crippen LogP contribution in [-0.2, 0) is 6.54 Å².